The van der Waals surface area contributed by atoms with Gasteiger partial charge in [-0.1, -0.05) is 43.6 Å². The van der Waals surface area contributed by atoms with Gasteiger partial charge in [-0.25, -0.2) is 0 Å². The van der Waals surface area contributed by atoms with Gasteiger partial charge in [0, 0.05) is 11.6 Å². The van der Waals surface area contributed by atoms with Crippen molar-refractivity contribution >= 4 is 17.5 Å². The summed E-state index contributed by atoms with van der Waals surface area (Å²) in [5.41, 5.74) is 3.71. The molecule has 0 unspecified atom stereocenters. The lowest BCUT2D eigenvalue weighted by Crippen LogP contribution is -2.36. The highest BCUT2D eigenvalue weighted by Crippen LogP contribution is 2.17. The molecule has 2 aromatic carbocycles. The Hall–Kier alpha value is -2.00. The lowest BCUT2D eigenvalue weighted by molar-refractivity contribution is -0.127. The second-order valence-corrected chi connectivity index (χ2v) is 6.18. The summed E-state index contributed by atoms with van der Waals surface area (Å²) in [4.78, 5) is 12.3. The minimum Gasteiger partial charge on any atom is -0.481 e. The normalized spacial score (nSPS) is 11.8. The van der Waals surface area contributed by atoms with Crippen LogP contribution in [0.5, 0.6) is 5.75 Å². The quantitative estimate of drug-likeness (QED) is 0.799. The van der Waals surface area contributed by atoms with E-state index in [-0.39, 0.29) is 5.91 Å². The van der Waals surface area contributed by atoms with Crippen LogP contribution in [0.1, 0.15) is 37.5 Å². The van der Waals surface area contributed by atoms with E-state index >= 15 is 0 Å². The third kappa shape index (κ3) is 5.00. The van der Waals surface area contributed by atoms with Crippen LogP contribution in [-0.4, -0.2) is 12.0 Å². The lowest BCUT2D eigenvalue weighted by Gasteiger charge is -2.16. The molecule has 3 nitrogen and oxygen atoms in total. The van der Waals surface area contributed by atoms with Gasteiger partial charge >= 0.3 is 0 Å². The molecule has 2 rings (SSSR count). The molecule has 0 fully saturated rings. The summed E-state index contributed by atoms with van der Waals surface area (Å²) in [6.45, 7) is 6.52. The van der Waals surface area contributed by atoms with Crippen molar-refractivity contribution in [3.8, 4) is 5.75 Å². The van der Waals surface area contributed by atoms with Crippen LogP contribution < -0.4 is 10.1 Å². The number of ether oxygens (including phenoxy) is 1. The van der Waals surface area contributed by atoms with E-state index in [2.05, 4.69) is 37.4 Å². The van der Waals surface area contributed by atoms with Gasteiger partial charge in [0.1, 0.15) is 5.75 Å². The first-order valence-corrected chi connectivity index (χ1v) is 8.71. The molecular weight excluding hydrogens is 322 g/mol. The van der Waals surface area contributed by atoms with Gasteiger partial charge in [0.2, 0.25) is 0 Å². The molecule has 0 spiro atoms. The molecule has 0 saturated carbocycles. The number of benzene rings is 2. The zero-order valence-corrected chi connectivity index (χ0v) is 15.2. The summed E-state index contributed by atoms with van der Waals surface area (Å²) in [6.07, 6.45) is 1.37. The predicted octanol–water partition coefficient (Wildman–Crippen LogP) is 4.55. The monoisotopic (exact) mass is 345 g/mol. The average molecular weight is 346 g/mol. The van der Waals surface area contributed by atoms with Crippen LogP contribution in [0.2, 0.25) is 5.02 Å². The molecule has 2 aromatic rings. The SMILES string of the molecule is CCc1ccc(CC)c(CNC(=O)[C@@H](C)Oc2ccc(Cl)cc2)c1. The van der Waals surface area contributed by atoms with Crippen molar-refractivity contribution in [1.29, 1.82) is 0 Å². The maximum atomic E-state index is 12.3. The largest absolute Gasteiger partial charge is 0.481 e. The standard InChI is InChI=1S/C20H24ClNO2/c1-4-15-6-7-16(5-2)17(12-15)13-22-20(23)14(3)24-19-10-8-18(21)9-11-19/h6-12,14H,4-5,13H2,1-3H3,(H,22,23)/t14-/m1/s1. The van der Waals surface area contributed by atoms with Gasteiger partial charge in [-0.15, -0.1) is 0 Å². The molecule has 0 bridgehead atoms. The summed E-state index contributed by atoms with van der Waals surface area (Å²) in [5.74, 6) is 0.498. The molecular formula is C20H24ClNO2. The first-order valence-electron chi connectivity index (χ1n) is 8.34. The highest BCUT2D eigenvalue weighted by atomic mass is 35.5. The molecule has 0 saturated heterocycles. The second-order valence-electron chi connectivity index (χ2n) is 5.74. The molecule has 1 amide bonds. The van der Waals surface area contributed by atoms with Crippen molar-refractivity contribution in [2.24, 2.45) is 0 Å². The van der Waals surface area contributed by atoms with Crippen LogP contribution in [0.4, 0.5) is 0 Å². The number of aryl methyl sites for hydroxylation is 2. The smallest absolute Gasteiger partial charge is 0.261 e. The molecule has 4 heteroatoms. The van der Waals surface area contributed by atoms with E-state index in [0.29, 0.717) is 17.3 Å². The molecule has 0 aromatic heterocycles. The minimum atomic E-state index is -0.564. The Labute approximate surface area is 149 Å². The van der Waals surface area contributed by atoms with E-state index in [4.69, 9.17) is 16.3 Å². The van der Waals surface area contributed by atoms with Crippen LogP contribution in [-0.2, 0) is 24.2 Å². The molecule has 0 aliphatic rings. The fraction of sp³-hybridized carbons (Fsp3) is 0.350. The van der Waals surface area contributed by atoms with Gasteiger partial charge < -0.3 is 10.1 Å². The summed E-state index contributed by atoms with van der Waals surface area (Å²) in [6, 6.07) is 13.5. The van der Waals surface area contributed by atoms with Crippen LogP contribution in [0.25, 0.3) is 0 Å². The van der Waals surface area contributed by atoms with Crippen molar-refractivity contribution in [3.63, 3.8) is 0 Å². The lowest BCUT2D eigenvalue weighted by atomic mass is 10.0. The summed E-state index contributed by atoms with van der Waals surface area (Å²) >= 11 is 5.85. The predicted molar refractivity (Wildman–Crippen MR) is 98.6 cm³/mol. The summed E-state index contributed by atoms with van der Waals surface area (Å²) < 4.78 is 5.65. The molecule has 128 valence electrons. The van der Waals surface area contributed by atoms with Crippen LogP contribution in [0.3, 0.4) is 0 Å². The number of carbonyl (C=O) groups is 1. The number of hydrogen-bond donors (Lipinski definition) is 1. The van der Waals surface area contributed by atoms with Gasteiger partial charge in [-0.3, -0.25) is 4.79 Å². The van der Waals surface area contributed by atoms with Crippen LogP contribution in [0.15, 0.2) is 42.5 Å². The molecule has 1 N–H and O–H groups in total. The van der Waals surface area contributed by atoms with Crippen molar-refractivity contribution < 1.29 is 9.53 Å². The Morgan fingerprint density at radius 3 is 2.42 bits per heavy atom. The van der Waals surface area contributed by atoms with Crippen molar-refractivity contribution in [2.75, 3.05) is 0 Å². The Morgan fingerprint density at radius 2 is 1.79 bits per heavy atom. The Bertz CT molecular complexity index is 683. The Kier molecular flexibility index (Phi) is 6.68. The molecule has 24 heavy (non-hydrogen) atoms. The summed E-state index contributed by atoms with van der Waals surface area (Å²) in [5, 5.41) is 3.61. The first kappa shape index (κ1) is 18.3. The highest BCUT2D eigenvalue weighted by molar-refractivity contribution is 6.30. The fourth-order valence-corrected chi connectivity index (χ4v) is 2.63. The molecule has 0 aliphatic heterocycles. The number of carbonyl (C=O) groups excluding carboxylic acids is 1. The molecule has 0 radical (unpaired) electrons. The third-order valence-electron chi connectivity index (χ3n) is 4.01. The van der Waals surface area contributed by atoms with E-state index in [1.807, 2.05) is 0 Å². The Balaban J connectivity index is 1.95. The fourth-order valence-electron chi connectivity index (χ4n) is 2.51. The molecule has 0 aliphatic carbocycles. The van der Waals surface area contributed by atoms with E-state index in [0.717, 1.165) is 12.8 Å². The van der Waals surface area contributed by atoms with Crippen molar-refractivity contribution in [2.45, 2.75) is 46.3 Å². The van der Waals surface area contributed by atoms with E-state index < -0.39 is 6.10 Å². The molecule has 0 heterocycles. The molecule has 1 atom stereocenters. The zero-order valence-electron chi connectivity index (χ0n) is 14.4. The van der Waals surface area contributed by atoms with E-state index in [9.17, 15) is 4.79 Å². The first-order chi connectivity index (χ1) is 11.5. The third-order valence-corrected chi connectivity index (χ3v) is 4.26. The number of rotatable bonds is 7. The van der Waals surface area contributed by atoms with Gasteiger partial charge in [-0.05, 0) is 60.7 Å². The van der Waals surface area contributed by atoms with E-state index in [1.54, 1.807) is 31.2 Å². The number of amides is 1. The van der Waals surface area contributed by atoms with Gasteiger partial charge in [-0.2, -0.15) is 0 Å². The topological polar surface area (TPSA) is 38.3 Å². The number of halogens is 1. The highest BCUT2D eigenvalue weighted by Gasteiger charge is 2.15. The average Bonchev–Trinajstić information content (AvgIpc) is 2.61. The maximum Gasteiger partial charge on any atom is 0.261 e. The maximum absolute atomic E-state index is 12.3. The summed E-state index contributed by atoms with van der Waals surface area (Å²) in [7, 11) is 0. The van der Waals surface area contributed by atoms with E-state index in [1.165, 1.54) is 16.7 Å². The van der Waals surface area contributed by atoms with Crippen LogP contribution >= 0.6 is 11.6 Å². The second kappa shape index (κ2) is 8.74. The van der Waals surface area contributed by atoms with Crippen molar-refractivity contribution in [1.82, 2.24) is 5.32 Å². The van der Waals surface area contributed by atoms with Gasteiger partial charge in [0.15, 0.2) is 6.10 Å². The van der Waals surface area contributed by atoms with Gasteiger partial charge in [0.05, 0.1) is 0 Å². The Morgan fingerprint density at radius 1 is 1.08 bits per heavy atom. The van der Waals surface area contributed by atoms with Crippen molar-refractivity contribution in [3.05, 3.63) is 64.2 Å². The number of hydrogen-bond acceptors (Lipinski definition) is 2. The van der Waals surface area contributed by atoms with Gasteiger partial charge in [0.25, 0.3) is 5.91 Å². The minimum absolute atomic E-state index is 0.131. The number of nitrogens with one attached hydrogen (secondary N) is 1. The van der Waals surface area contributed by atoms with Crippen LogP contribution in [0, 0.1) is 0 Å². The zero-order chi connectivity index (χ0) is 17.5.